The molecule has 7 nitrogen and oxygen atoms in total. The minimum absolute atomic E-state index is 0.0787. The van der Waals surface area contributed by atoms with Crippen molar-refractivity contribution in [2.45, 2.75) is 36.5 Å². The lowest BCUT2D eigenvalue weighted by Crippen LogP contribution is -2.41. The second-order valence-electron chi connectivity index (χ2n) is 8.75. The van der Waals surface area contributed by atoms with Crippen molar-refractivity contribution in [2.24, 2.45) is 15.6 Å². The number of anilines is 2. The van der Waals surface area contributed by atoms with Gasteiger partial charge in [-0.15, -0.1) is 10.2 Å². The number of benzene rings is 2. The summed E-state index contributed by atoms with van der Waals surface area (Å²) in [5.74, 6) is 0. The molecule has 1 N–H and O–H groups in total. The Morgan fingerprint density at radius 3 is 2.21 bits per heavy atom. The maximum absolute atomic E-state index is 13.2. The molecular formula is C22H25F3N4O3S. The number of sulfonamides is 1. The zero-order valence-corrected chi connectivity index (χ0v) is 19.1. The topological polar surface area (TPSA) is 83.4 Å². The van der Waals surface area contributed by atoms with E-state index in [1.165, 1.54) is 0 Å². The zero-order chi connectivity index (χ0) is 23.9. The summed E-state index contributed by atoms with van der Waals surface area (Å²) in [6.45, 7) is 4.35. The van der Waals surface area contributed by atoms with Gasteiger partial charge in [-0.2, -0.15) is 13.2 Å². The summed E-state index contributed by atoms with van der Waals surface area (Å²) in [5.41, 5.74) is -1.56. The first kappa shape index (κ1) is 23.5. The van der Waals surface area contributed by atoms with Gasteiger partial charge in [0.25, 0.3) is 10.0 Å². The molecule has 0 amide bonds. The van der Waals surface area contributed by atoms with Gasteiger partial charge in [0.15, 0.2) is 0 Å². The summed E-state index contributed by atoms with van der Waals surface area (Å²) >= 11 is 0. The van der Waals surface area contributed by atoms with Crippen LogP contribution in [0.4, 0.5) is 24.5 Å². The van der Waals surface area contributed by atoms with Crippen LogP contribution in [0, 0.1) is 5.41 Å². The normalized spacial score (nSPS) is 19.4. The average molecular weight is 483 g/mol. The van der Waals surface area contributed by atoms with Gasteiger partial charge in [0.2, 0.25) is 0 Å². The molecule has 0 bridgehead atoms. The van der Waals surface area contributed by atoms with E-state index in [-0.39, 0.29) is 15.9 Å². The summed E-state index contributed by atoms with van der Waals surface area (Å²) in [5, 5.41) is 6.28. The monoisotopic (exact) mass is 482 g/mol. The molecule has 4 rings (SSSR count). The number of rotatable bonds is 7. The van der Waals surface area contributed by atoms with Crippen LogP contribution >= 0.6 is 0 Å². The van der Waals surface area contributed by atoms with E-state index < -0.39 is 21.9 Å². The lowest BCUT2D eigenvalue weighted by molar-refractivity contribution is -0.166. The first-order valence-electron chi connectivity index (χ1n) is 10.5. The lowest BCUT2D eigenvalue weighted by atomic mass is 9.81. The molecule has 2 aromatic rings. The number of para-hydroxylation sites is 2. The molecule has 33 heavy (non-hydrogen) atoms. The fraction of sp³-hybridized carbons (Fsp3) is 0.455. The molecule has 1 fully saturated rings. The van der Waals surface area contributed by atoms with Crippen molar-refractivity contribution in [1.29, 1.82) is 0 Å². The standard InChI is InChI=1S/C22H25F3N4O3S/c1-20(15-32-2)11-13-29(14-12-20)19-6-4-3-5-18(19)26-33(30,31)17-9-7-16(8-10-17)21(27-28-21)22(23,24)25/h3-10,26H,11-15H2,1-2H3. The highest BCUT2D eigenvalue weighted by Gasteiger charge is 2.65. The van der Waals surface area contributed by atoms with Gasteiger partial charge in [-0.1, -0.05) is 31.2 Å². The molecular weight excluding hydrogens is 457 g/mol. The van der Waals surface area contributed by atoms with Crippen LogP contribution in [0.25, 0.3) is 0 Å². The molecule has 2 aliphatic rings. The summed E-state index contributed by atoms with van der Waals surface area (Å²) < 4.78 is 73.4. The Bertz CT molecular complexity index is 1140. The SMILES string of the molecule is COCC1(C)CCN(c2ccccc2NS(=O)(=O)c2ccc(C3(C(F)(F)F)N=N3)cc2)CC1. The van der Waals surface area contributed by atoms with Crippen molar-refractivity contribution in [1.82, 2.24) is 0 Å². The molecule has 0 saturated carbocycles. The molecule has 0 spiro atoms. The number of ether oxygens (including phenoxy) is 1. The van der Waals surface area contributed by atoms with Gasteiger partial charge in [0.1, 0.15) is 0 Å². The number of nitrogens with zero attached hydrogens (tertiary/aromatic N) is 3. The van der Waals surface area contributed by atoms with Crippen molar-refractivity contribution < 1.29 is 26.3 Å². The van der Waals surface area contributed by atoms with E-state index in [0.29, 0.717) is 12.3 Å². The molecule has 2 heterocycles. The number of piperidine rings is 1. The Hall–Kier alpha value is -2.66. The average Bonchev–Trinajstić information content (AvgIpc) is 3.57. The number of methoxy groups -OCH3 is 1. The fourth-order valence-electron chi connectivity index (χ4n) is 4.13. The van der Waals surface area contributed by atoms with E-state index in [1.807, 2.05) is 12.1 Å². The molecule has 178 valence electrons. The molecule has 2 aliphatic heterocycles. The van der Waals surface area contributed by atoms with E-state index in [0.717, 1.165) is 55.9 Å². The Morgan fingerprint density at radius 2 is 1.67 bits per heavy atom. The van der Waals surface area contributed by atoms with Gasteiger partial charge in [-0.05, 0) is 42.5 Å². The number of hydrogen-bond donors (Lipinski definition) is 1. The summed E-state index contributed by atoms with van der Waals surface area (Å²) in [6, 6.07) is 11.5. The predicted molar refractivity (Wildman–Crippen MR) is 118 cm³/mol. The smallest absolute Gasteiger partial charge is 0.384 e. The van der Waals surface area contributed by atoms with Crippen LogP contribution in [0.5, 0.6) is 0 Å². The van der Waals surface area contributed by atoms with Crippen LogP contribution < -0.4 is 9.62 Å². The lowest BCUT2D eigenvalue weighted by Gasteiger charge is -2.40. The Labute approximate surface area is 190 Å². The van der Waals surface area contributed by atoms with Gasteiger partial charge < -0.3 is 9.64 Å². The molecule has 1 saturated heterocycles. The van der Waals surface area contributed by atoms with Crippen LogP contribution in [0.2, 0.25) is 0 Å². The van der Waals surface area contributed by atoms with E-state index >= 15 is 0 Å². The molecule has 0 unspecified atom stereocenters. The molecule has 2 aromatic carbocycles. The largest absolute Gasteiger partial charge is 0.442 e. The Balaban J connectivity index is 1.52. The summed E-state index contributed by atoms with van der Waals surface area (Å²) in [6.07, 6.45) is -2.86. The van der Waals surface area contributed by atoms with E-state index in [1.54, 1.807) is 19.2 Å². The number of alkyl halides is 3. The van der Waals surface area contributed by atoms with Crippen LogP contribution in [0.3, 0.4) is 0 Å². The molecule has 0 radical (unpaired) electrons. The summed E-state index contributed by atoms with van der Waals surface area (Å²) in [4.78, 5) is 1.98. The molecule has 0 atom stereocenters. The van der Waals surface area contributed by atoms with Crippen molar-refractivity contribution in [3.8, 4) is 0 Å². The zero-order valence-electron chi connectivity index (χ0n) is 18.3. The van der Waals surface area contributed by atoms with Crippen molar-refractivity contribution in [2.75, 3.05) is 36.4 Å². The third kappa shape index (κ3) is 4.56. The molecule has 0 aromatic heterocycles. The van der Waals surface area contributed by atoms with E-state index in [9.17, 15) is 21.6 Å². The van der Waals surface area contributed by atoms with E-state index in [4.69, 9.17) is 4.74 Å². The van der Waals surface area contributed by atoms with Crippen LogP contribution in [0.1, 0.15) is 25.3 Å². The number of halogens is 3. The highest BCUT2D eigenvalue weighted by atomic mass is 32.2. The second-order valence-corrected chi connectivity index (χ2v) is 10.4. The molecule has 0 aliphatic carbocycles. The third-order valence-corrected chi connectivity index (χ3v) is 7.60. The highest BCUT2D eigenvalue weighted by molar-refractivity contribution is 7.92. The van der Waals surface area contributed by atoms with Gasteiger partial charge in [-0.25, -0.2) is 8.42 Å². The Kier molecular flexibility index (Phi) is 5.90. The van der Waals surface area contributed by atoms with Crippen LogP contribution in [0.15, 0.2) is 63.7 Å². The minimum Gasteiger partial charge on any atom is -0.384 e. The van der Waals surface area contributed by atoms with Crippen molar-refractivity contribution >= 4 is 21.4 Å². The molecule has 11 heteroatoms. The first-order valence-corrected chi connectivity index (χ1v) is 12.0. The minimum atomic E-state index is -4.67. The van der Waals surface area contributed by atoms with Crippen molar-refractivity contribution in [3.05, 3.63) is 54.1 Å². The quantitative estimate of drug-likeness (QED) is 0.607. The van der Waals surface area contributed by atoms with Crippen LogP contribution in [-0.2, 0) is 20.4 Å². The van der Waals surface area contributed by atoms with E-state index in [2.05, 4.69) is 26.8 Å². The third-order valence-electron chi connectivity index (χ3n) is 6.21. The highest BCUT2D eigenvalue weighted by Crippen LogP contribution is 2.52. The number of nitrogens with one attached hydrogen (secondary N) is 1. The van der Waals surface area contributed by atoms with Crippen molar-refractivity contribution in [3.63, 3.8) is 0 Å². The van der Waals surface area contributed by atoms with Gasteiger partial charge in [-0.3, -0.25) is 4.72 Å². The maximum atomic E-state index is 13.2. The van der Waals surface area contributed by atoms with Gasteiger partial charge >= 0.3 is 11.8 Å². The van der Waals surface area contributed by atoms with Crippen LogP contribution in [-0.4, -0.2) is 41.4 Å². The second kappa shape index (κ2) is 8.28. The van der Waals surface area contributed by atoms with Gasteiger partial charge in [0.05, 0.1) is 22.9 Å². The maximum Gasteiger partial charge on any atom is 0.442 e. The number of hydrogen-bond acceptors (Lipinski definition) is 6. The fourth-order valence-corrected chi connectivity index (χ4v) is 5.20. The summed E-state index contributed by atoms with van der Waals surface area (Å²) in [7, 11) is -2.34. The predicted octanol–water partition coefficient (Wildman–Crippen LogP) is 4.92. The Morgan fingerprint density at radius 1 is 1.06 bits per heavy atom. The first-order chi connectivity index (χ1) is 15.5. The van der Waals surface area contributed by atoms with Gasteiger partial charge in [0, 0.05) is 25.8 Å².